The van der Waals surface area contributed by atoms with Crippen LogP contribution in [0.15, 0.2) is 36.7 Å². The van der Waals surface area contributed by atoms with Crippen LogP contribution in [-0.2, 0) is 6.42 Å². The molecule has 0 aliphatic carbocycles. The minimum absolute atomic E-state index is 0.0914. The zero-order valence-electron chi connectivity index (χ0n) is 14.6. The Hall–Kier alpha value is -3.22. The standard InChI is InChI=1S/C19H19N5O2/c1-11-8-21-15(10-20-11)18-23-14-7-12(9-22-19(25)17(14)24-18)13-5-3-4-6-16(13)26-2/h3-6,8,10,12H,7,9H2,1-2H3,(H,22,25)(H,23,24)/t12-/m0/s1. The number of ether oxygens (including phenoxy) is 1. The molecule has 2 N–H and O–H groups in total. The molecule has 1 aromatic carbocycles. The number of para-hydroxylation sites is 1. The summed E-state index contributed by atoms with van der Waals surface area (Å²) in [5.41, 5.74) is 3.73. The molecule has 7 nitrogen and oxygen atoms in total. The summed E-state index contributed by atoms with van der Waals surface area (Å²) in [7, 11) is 1.66. The summed E-state index contributed by atoms with van der Waals surface area (Å²) in [5.74, 6) is 1.28. The predicted octanol–water partition coefficient (Wildman–Crippen LogP) is 2.25. The number of benzene rings is 1. The quantitative estimate of drug-likeness (QED) is 0.756. The Morgan fingerprint density at radius 2 is 2.04 bits per heavy atom. The van der Waals surface area contributed by atoms with E-state index in [-0.39, 0.29) is 11.8 Å². The van der Waals surface area contributed by atoms with Crippen LogP contribution in [0.4, 0.5) is 0 Å². The summed E-state index contributed by atoms with van der Waals surface area (Å²) < 4.78 is 5.48. The molecule has 4 rings (SSSR count). The first-order valence-electron chi connectivity index (χ1n) is 8.44. The zero-order chi connectivity index (χ0) is 18.1. The van der Waals surface area contributed by atoms with Gasteiger partial charge >= 0.3 is 0 Å². The lowest BCUT2D eigenvalue weighted by atomic mass is 9.93. The largest absolute Gasteiger partial charge is 0.496 e. The van der Waals surface area contributed by atoms with Gasteiger partial charge in [0.2, 0.25) is 0 Å². The number of aryl methyl sites for hydroxylation is 1. The summed E-state index contributed by atoms with van der Waals surface area (Å²) >= 11 is 0. The molecule has 0 unspecified atom stereocenters. The van der Waals surface area contributed by atoms with E-state index in [1.165, 1.54) is 0 Å². The molecule has 1 aliphatic rings. The van der Waals surface area contributed by atoms with Gasteiger partial charge in [0.1, 0.15) is 17.1 Å². The Bertz CT molecular complexity index is 949. The third-order valence-corrected chi connectivity index (χ3v) is 4.56. The summed E-state index contributed by atoms with van der Waals surface area (Å²) in [4.78, 5) is 28.8. The summed E-state index contributed by atoms with van der Waals surface area (Å²) in [6, 6.07) is 7.88. The Kier molecular flexibility index (Phi) is 4.12. The summed E-state index contributed by atoms with van der Waals surface area (Å²) in [6.07, 6.45) is 3.99. The second-order valence-electron chi connectivity index (χ2n) is 6.31. The first-order chi connectivity index (χ1) is 12.7. The molecule has 0 spiro atoms. The van der Waals surface area contributed by atoms with Gasteiger partial charge in [-0.3, -0.25) is 9.78 Å². The van der Waals surface area contributed by atoms with Crippen molar-refractivity contribution in [3.63, 3.8) is 0 Å². The normalized spacial score (nSPS) is 16.5. The van der Waals surface area contributed by atoms with Crippen molar-refractivity contribution >= 4 is 5.91 Å². The molecule has 0 bridgehead atoms. The van der Waals surface area contributed by atoms with Crippen LogP contribution in [-0.4, -0.2) is 39.5 Å². The highest BCUT2D eigenvalue weighted by Gasteiger charge is 2.28. The van der Waals surface area contributed by atoms with Crippen LogP contribution < -0.4 is 10.1 Å². The van der Waals surface area contributed by atoms with Gasteiger partial charge in [-0.1, -0.05) is 18.2 Å². The number of aromatic nitrogens is 4. The number of methoxy groups -OCH3 is 1. The molecular weight excluding hydrogens is 330 g/mol. The third-order valence-electron chi connectivity index (χ3n) is 4.56. The third kappa shape index (κ3) is 2.92. The molecule has 1 atom stereocenters. The van der Waals surface area contributed by atoms with E-state index in [0.29, 0.717) is 30.2 Å². The van der Waals surface area contributed by atoms with Crippen LogP contribution >= 0.6 is 0 Å². The van der Waals surface area contributed by atoms with E-state index in [9.17, 15) is 4.79 Å². The maximum absolute atomic E-state index is 12.5. The summed E-state index contributed by atoms with van der Waals surface area (Å²) in [5, 5.41) is 2.96. The molecule has 2 aromatic heterocycles. The highest BCUT2D eigenvalue weighted by Crippen LogP contribution is 2.31. The molecule has 0 saturated carbocycles. The fraction of sp³-hybridized carbons (Fsp3) is 0.263. The van der Waals surface area contributed by atoms with Gasteiger partial charge < -0.3 is 15.0 Å². The molecule has 1 amide bonds. The van der Waals surface area contributed by atoms with Crippen molar-refractivity contribution in [1.82, 2.24) is 25.3 Å². The number of hydrogen-bond donors (Lipinski definition) is 2. The zero-order valence-corrected chi connectivity index (χ0v) is 14.6. The average Bonchev–Trinajstić information content (AvgIpc) is 3.03. The van der Waals surface area contributed by atoms with Crippen molar-refractivity contribution < 1.29 is 9.53 Å². The molecule has 0 radical (unpaired) electrons. The number of nitrogens with one attached hydrogen (secondary N) is 2. The van der Waals surface area contributed by atoms with E-state index in [1.54, 1.807) is 19.5 Å². The van der Waals surface area contributed by atoms with Gasteiger partial charge in [0, 0.05) is 24.4 Å². The van der Waals surface area contributed by atoms with Crippen LogP contribution in [0.5, 0.6) is 5.75 Å². The van der Waals surface area contributed by atoms with E-state index in [0.717, 1.165) is 22.7 Å². The Labute approximate surface area is 150 Å². The monoisotopic (exact) mass is 349 g/mol. The van der Waals surface area contributed by atoms with E-state index >= 15 is 0 Å². The van der Waals surface area contributed by atoms with Crippen molar-refractivity contribution in [3.8, 4) is 17.3 Å². The van der Waals surface area contributed by atoms with Crippen LogP contribution in [0.2, 0.25) is 0 Å². The predicted molar refractivity (Wildman–Crippen MR) is 96.1 cm³/mol. The number of amides is 1. The molecule has 3 aromatic rings. The SMILES string of the molecule is COc1ccccc1[C@@H]1CNC(=O)c2nc(-c3cnc(C)cn3)[nH]c2C1. The van der Waals surface area contributed by atoms with E-state index in [2.05, 4.69) is 25.3 Å². The fourth-order valence-electron chi connectivity index (χ4n) is 3.22. The number of rotatable bonds is 3. The van der Waals surface area contributed by atoms with Crippen molar-refractivity contribution in [1.29, 1.82) is 0 Å². The smallest absolute Gasteiger partial charge is 0.271 e. The van der Waals surface area contributed by atoms with Gasteiger partial charge in [0.15, 0.2) is 5.82 Å². The lowest BCUT2D eigenvalue weighted by Gasteiger charge is -2.17. The number of aromatic amines is 1. The van der Waals surface area contributed by atoms with Crippen LogP contribution in [0.1, 0.15) is 33.4 Å². The highest BCUT2D eigenvalue weighted by molar-refractivity contribution is 5.94. The maximum atomic E-state index is 12.5. The summed E-state index contributed by atoms with van der Waals surface area (Å²) in [6.45, 7) is 2.41. The van der Waals surface area contributed by atoms with Crippen molar-refractivity contribution in [3.05, 3.63) is 59.3 Å². The number of nitrogens with zero attached hydrogens (tertiary/aromatic N) is 3. The van der Waals surface area contributed by atoms with Gasteiger partial charge in [-0.15, -0.1) is 0 Å². The minimum atomic E-state index is -0.181. The molecule has 0 saturated heterocycles. The first-order valence-corrected chi connectivity index (χ1v) is 8.44. The highest BCUT2D eigenvalue weighted by atomic mass is 16.5. The number of H-pyrrole nitrogens is 1. The van der Waals surface area contributed by atoms with Crippen molar-refractivity contribution in [2.45, 2.75) is 19.3 Å². The lowest BCUT2D eigenvalue weighted by molar-refractivity contribution is 0.0950. The average molecular weight is 349 g/mol. The Morgan fingerprint density at radius 3 is 2.81 bits per heavy atom. The Balaban J connectivity index is 1.71. The molecular formula is C19H19N5O2. The number of carbonyl (C=O) groups is 1. The van der Waals surface area contributed by atoms with Crippen molar-refractivity contribution in [2.24, 2.45) is 0 Å². The maximum Gasteiger partial charge on any atom is 0.271 e. The van der Waals surface area contributed by atoms with Crippen LogP contribution in [0.3, 0.4) is 0 Å². The molecule has 0 fully saturated rings. The van der Waals surface area contributed by atoms with E-state index < -0.39 is 0 Å². The van der Waals surface area contributed by atoms with Gasteiger partial charge in [-0.25, -0.2) is 9.97 Å². The van der Waals surface area contributed by atoms with Crippen LogP contribution in [0.25, 0.3) is 11.5 Å². The number of hydrogen-bond acceptors (Lipinski definition) is 5. The topological polar surface area (TPSA) is 92.8 Å². The van der Waals surface area contributed by atoms with E-state index in [1.807, 2.05) is 31.2 Å². The second-order valence-corrected chi connectivity index (χ2v) is 6.31. The molecule has 1 aliphatic heterocycles. The first kappa shape index (κ1) is 16.3. The van der Waals surface area contributed by atoms with E-state index in [4.69, 9.17) is 4.74 Å². The lowest BCUT2D eigenvalue weighted by Crippen LogP contribution is -2.26. The molecule has 26 heavy (non-hydrogen) atoms. The van der Waals surface area contributed by atoms with Gasteiger partial charge in [-0.2, -0.15) is 0 Å². The van der Waals surface area contributed by atoms with Gasteiger partial charge in [0.05, 0.1) is 19.0 Å². The minimum Gasteiger partial charge on any atom is -0.496 e. The molecule has 7 heteroatoms. The second kappa shape index (κ2) is 6.59. The number of carbonyl (C=O) groups excluding carboxylic acids is 1. The fourth-order valence-corrected chi connectivity index (χ4v) is 3.22. The number of imidazole rings is 1. The molecule has 132 valence electrons. The van der Waals surface area contributed by atoms with Gasteiger partial charge in [0.25, 0.3) is 5.91 Å². The number of fused-ring (bicyclic) bond motifs is 1. The van der Waals surface area contributed by atoms with Crippen molar-refractivity contribution in [2.75, 3.05) is 13.7 Å². The van der Waals surface area contributed by atoms with Crippen LogP contribution in [0, 0.1) is 6.92 Å². The Morgan fingerprint density at radius 1 is 1.19 bits per heavy atom. The van der Waals surface area contributed by atoms with Gasteiger partial charge in [-0.05, 0) is 25.0 Å². The molecule has 3 heterocycles.